The maximum absolute atomic E-state index is 12.0. The predicted molar refractivity (Wildman–Crippen MR) is 86.9 cm³/mol. The molecule has 4 heteroatoms. The van der Waals surface area contributed by atoms with Crippen LogP contribution in [0.25, 0.3) is 0 Å². The fraction of sp³-hybridized carbons (Fsp3) is 0.118. The molecule has 1 N–H and O–H groups in total. The molecule has 21 heavy (non-hydrogen) atoms. The van der Waals surface area contributed by atoms with E-state index in [2.05, 4.69) is 29.1 Å². The molecule has 0 heterocycles. The minimum atomic E-state index is -0.430. The molecule has 3 nitrogen and oxygen atoms in total. The van der Waals surface area contributed by atoms with Crippen molar-refractivity contribution < 1.29 is 14.6 Å². The minimum absolute atomic E-state index is 0.199. The fourth-order valence-corrected chi connectivity index (χ4v) is 2.10. The number of carbonyl (C=O) groups excluding carboxylic acids is 1. The molecule has 0 unspecified atom stereocenters. The first-order chi connectivity index (χ1) is 10.2. The SMILES string of the molecule is C=C.O=C(OCc1ccccc1)c1ccc(Br)cc1CO. The van der Waals surface area contributed by atoms with Gasteiger partial charge in [-0.05, 0) is 29.3 Å². The number of carbonyl (C=O) groups is 1. The number of aliphatic hydroxyl groups is 1. The Bertz CT molecular complexity index is 582. The van der Waals surface area contributed by atoms with Crippen LogP contribution in [0.15, 0.2) is 66.2 Å². The first kappa shape index (κ1) is 17.1. The Kier molecular flexibility index (Phi) is 7.43. The third kappa shape index (κ3) is 5.17. The highest BCUT2D eigenvalue weighted by atomic mass is 79.9. The van der Waals surface area contributed by atoms with E-state index in [0.29, 0.717) is 11.1 Å². The van der Waals surface area contributed by atoms with Crippen molar-refractivity contribution >= 4 is 21.9 Å². The van der Waals surface area contributed by atoms with Gasteiger partial charge in [0.2, 0.25) is 0 Å². The zero-order chi connectivity index (χ0) is 15.7. The van der Waals surface area contributed by atoms with Crippen LogP contribution < -0.4 is 0 Å². The van der Waals surface area contributed by atoms with Crippen molar-refractivity contribution in [1.29, 1.82) is 0 Å². The van der Waals surface area contributed by atoms with Gasteiger partial charge in [-0.25, -0.2) is 4.79 Å². The number of benzene rings is 2. The molecule has 2 aromatic rings. The van der Waals surface area contributed by atoms with Gasteiger partial charge in [0.05, 0.1) is 12.2 Å². The molecule has 0 radical (unpaired) electrons. The Morgan fingerprint density at radius 2 is 1.81 bits per heavy atom. The van der Waals surface area contributed by atoms with Crippen LogP contribution in [-0.2, 0) is 18.0 Å². The molecule has 2 aromatic carbocycles. The van der Waals surface area contributed by atoms with Crippen molar-refractivity contribution in [1.82, 2.24) is 0 Å². The molecule has 0 amide bonds. The highest BCUT2D eigenvalue weighted by Crippen LogP contribution is 2.18. The maximum Gasteiger partial charge on any atom is 0.338 e. The summed E-state index contributed by atoms with van der Waals surface area (Å²) in [5.41, 5.74) is 1.87. The number of rotatable bonds is 4. The van der Waals surface area contributed by atoms with Gasteiger partial charge in [-0.2, -0.15) is 0 Å². The van der Waals surface area contributed by atoms with Crippen molar-refractivity contribution in [2.24, 2.45) is 0 Å². The number of hydrogen-bond acceptors (Lipinski definition) is 3. The lowest BCUT2D eigenvalue weighted by atomic mass is 10.1. The molecule has 0 saturated heterocycles. The average Bonchev–Trinajstić information content (AvgIpc) is 2.55. The fourth-order valence-electron chi connectivity index (χ4n) is 1.69. The Labute approximate surface area is 133 Å². The van der Waals surface area contributed by atoms with E-state index in [-0.39, 0.29) is 13.2 Å². The van der Waals surface area contributed by atoms with Gasteiger partial charge in [-0.15, -0.1) is 13.2 Å². The zero-order valence-corrected chi connectivity index (χ0v) is 13.2. The molecule has 0 aliphatic rings. The Hall–Kier alpha value is -1.91. The van der Waals surface area contributed by atoms with Crippen molar-refractivity contribution in [2.45, 2.75) is 13.2 Å². The summed E-state index contributed by atoms with van der Waals surface area (Å²) >= 11 is 3.30. The molecule has 0 aliphatic heterocycles. The number of hydrogen-bond donors (Lipinski definition) is 1. The van der Waals surface area contributed by atoms with Crippen molar-refractivity contribution in [2.75, 3.05) is 0 Å². The van der Waals surface area contributed by atoms with Crippen LogP contribution in [0, 0.1) is 0 Å². The summed E-state index contributed by atoms with van der Waals surface area (Å²) in [7, 11) is 0. The van der Waals surface area contributed by atoms with Crippen molar-refractivity contribution in [3.05, 3.63) is 82.9 Å². The second kappa shape index (κ2) is 9.10. The van der Waals surface area contributed by atoms with Gasteiger partial charge < -0.3 is 9.84 Å². The van der Waals surface area contributed by atoms with E-state index in [1.165, 1.54) is 0 Å². The zero-order valence-electron chi connectivity index (χ0n) is 11.6. The summed E-state index contributed by atoms with van der Waals surface area (Å²) in [6.45, 7) is 6.02. The molecular weight excluding hydrogens is 332 g/mol. The molecular formula is C17H17BrO3. The predicted octanol–water partition coefficient (Wildman–Crippen LogP) is 4.10. The molecule has 0 bridgehead atoms. The second-order valence-corrected chi connectivity index (χ2v) is 4.94. The van der Waals surface area contributed by atoms with Gasteiger partial charge in [0.1, 0.15) is 6.61 Å². The summed E-state index contributed by atoms with van der Waals surface area (Å²) in [5, 5.41) is 9.25. The molecule has 0 fully saturated rings. The van der Waals surface area contributed by atoms with Crippen LogP contribution >= 0.6 is 15.9 Å². The van der Waals surface area contributed by atoms with Gasteiger partial charge in [0.25, 0.3) is 0 Å². The number of halogens is 1. The molecule has 2 rings (SSSR count). The van der Waals surface area contributed by atoms with Gasteiger partial charge in [-0.3, -0.25) is 0 Å². The lowest BCUT2D eigenvalue weighted by Gasteiger charge is -2.08. The monoisotopic (exact) mass is 348 g/mol. The number of esters is 1. The topological polar surface area (TPSA) is 46.5 Å². The quantitative estimate of drug-likeness (QED) is 0.668. The van der Waals surface area contributed by atoms with Gasteiger partial charge in [0.15, 0.2) is 0 Å². The smallest absolute Gasteiger partial charge is 0.338 e. The van der Waals surface area contributed by atoms with E-state index in [4.69, 9.17) is 4.74 Å². The molecule has 0 aliphatic carbocycles. The first-order valence-electron chi connectivity index (χ1n) is 6.31. The average molecular weight is 349 g/mol. The van der Waals surface area contributed by atoms with E-state index in [1.54, 1.807) is 18.2 Å². The Balaban J connectivity index is 0.00000106. The van der Waals surface area contributed by atoms with Gasteiger partial charge in [0, 0.05) is 4.47 Å². The second-order valence-electron chi connectivity index (χ2n) is 4.02. The molecule has 0 saturated carbocycles. The van der Waals surface area contributed by atoms with Crippen LogP contribution in [0.4, 0.5) is 0 Å². The van der Waals surface area contributed by atoms with Crippen LogP contribution in [0.5, 0.6) is 0 Å². The summed E-state index contributed by atoms with van der Waals surface area (Å²) < 4.78 is 6.05. The highest BCUT2D eigenvalue weighted by Gasteiger charge is 2.12. The van der Waals surface area contributed by atoms with Crippen molar-refractivity contribution in [3.63, 3.8) is 0 Å². The lowest BCUT2D eigenvalue weighted by molar-refractivity contribution is 0.0469. The summed E-state index contributed by atoms with van der Waals surface area (Å²) in [6.07, 6.45) is 0. The van der Waals surface area contributed by atoms with Crippen molar-refractivity contribution in [3.8, 4) is 0 Å². The molecule has 0 aromatic heterocycles. The largest absolute Gasteiger partial charge is 0.457 e. The van der Waals surface area contributed by atoms with Crippen LogP contribution in [0.3, 0.4) is 0 Å². The Morgan fingerprint density at radius 3 is 2.43 bits per heavy atom. The van der Waals surface area contributed by atoms with Crippen LogP contribution in [-0.4, -0.2) is 11.1 Å². The maximum atomic E-state index is 12.0. The number of ether oxygens (including phenoxy) is 1. The number of aliphatic hydroxyl groups excluding tert-OH is 1. The van der Waals surface area contributed by atoms with Crippen LogP contribution in [0.2, 0.25) is 0 Å². The highest BCUT2D eigenvalue weighted by molar-refractivity contribution is 9.10. The third-order valence-corrected chi connectivity index (χ3v) is 3.16. The standard InChI is InChI=1S/C15H13BrO3.C2H4/c16-13-6-7-14(12(8-13)9-17)15(18)19-10-11-4-2-1-3-5-11;1-2/h1-8,17H,9-10H2;1-2H2. The van der Waals surface area contributed by atoms with E-state index in [1.807, 2.05) is 30.3 Å². The van der Waals surface area contributed by atoms with Gasteiger partial charge >= 0.3 is 5.97 Å². The Morgan fingerprint density at radius 1 is 1.14 bits per heavy atom. The summed E-state index contributed by atoms with van der Waals surface area (Å²) in [6, 6.07) is 14.6. The minimum Gasteiger partial charge on any atom is -0.457 e. The summed E-state index contributed by atoms with van der Waals surface area (Å²) in [5.74, 6) is -0.430. The first-order valence-corrected chi connectivity index (χ1v) is 7.10. The third-order valence-electron chi connectivity index (χ3n) is 2.67. The molecule has 0 spiro atoms. The van der Waals surface area contributed by atoms with Gasteiger partial charge in [-0.1, -0.05) is 46.3 Å². The van der Waals surface area contributed by atoms with E-state index >= 15 is 0 Å². The lowest BCUT2D eigenvalue weighted by Crippen LogP contribution is -2.08. The van der Waals surface area contributed by atoms with E-state index < -0.39 is 5.97 Å². The normalized spacial score (nSPS) is 9.43. The summed E-state index contributed by atoms with van der Waals surface area (Å²) in [4.78, 5) is 12.0. The van der Waals surface area contributed by atoms with E-state index in [0.717, 1.165) is 10.0 Å². The van der Waals surface area contributed by atoms with E-state index in [9.17, 15) is 9.90 Å². The van der Waals surface area contributed by atoms with Crippen LogP contribution in [0.1, 0.15) is 21.5 Å². The molecule has 0 atom stereocenters. The molecule has 110 valence electrons.